The molecule has 1 spiro atoms. The molecule has 1 saturated heterocycles. The lowest BCUT2D eigenvalue weighted by molar-refractivity contribution is -0.0813. The molecule has 2 saturated carbocycles. The summed E-state index contributed by atoms with van der Waals surface area (Å²) in [5, 5.41) is 19.9. The van der Waals surface area contributed by atoms with Crippen molar-refractivity contribution in [3.63, 3.8) is 0 Å². The molecule has 2 aliphatic carbocycles. The minimum atomic E-state index is -0.706. The molecule has 0 aromatic heterocycles. The third-order valence-corrected chi connectivity index (χ3v) is 5.20. The van der Waals surface area contributed by atoms with Crippen LogP contribution in [0.25, 0.3) is 4.85 Å². The normalized spacial score (nSPS) is 50.6. The largest absolute Gasteiger partial charge is 0.390 e. The summed E-state index contributed by atoms with van der Waals surface area (Å²) in [4.78, 5) is 3.45. The van der Waals surface area contributed by atoms with E-state index >= 15 is 0 Å². The van der Waals surface area contributed by atoms with Crippen LogP contribution in [0.4, 0.5) is 0 Å². The average Bonchev–Trinajstić information content (AvgIpc) is 2.68. The van der Waals surface area contributed by atoms with E-state index < -0.39 is 12.2 Å². The maximum atomic E-state index is 9.98. The zero-order valence-corrected chi connectivity index (χ0v) is 10.6. The van der Waals surface area contributed by atoms with Gasteiger partial charge in [0, 0.05) is 11.8 Å². The Morgan fingerprint density at radius 2 is 2.06 bits per heavy atom. The number of fused-ring (bicyclic) bond motifs is 1. The maximum Gasteiger partial charge on any atom is 0.214 e. The molecule has 3 aliphatic rings. The third kappa shape index (κ3) is 1.85. The average molecular weight is 251 g/mol. The number of nitrogens with zero attached hydrogens (tertiary/aromatic N) is 1. The smallest absolute Gasteiger partial charge is 0.214 e. The number of aliphatic hydroxyl groups is 2. The molecule has 2 bridgehead atoms. The van der Waals surface area contributed by atoms with Crippen LogP contribution in [0.3, 0.4) is 0 Å². The highest BCUT2D eigenvalue weighted by molar-refractivity contribution is 5.07. The molecule has 0 amide bonds. The lowest BCUT2D eigenvalue weighted by Gasteiger charge is -2.44. The topological polar surface area (TPSA) is 54.0 Å². The van der Waals surface area contributed by atoms with Crippen LogP contribution < -0.4 is 0 Å². The van der Waals surface area contributed by atoms with E-state index in [1.54, 1.807) is 0 Å². The fourth-order valence-corrected chi connectivity index (χ4v) is 4.37. The molecule has 1 aliphatic heterocycles. The zero-order valence-electron chi connectivity index (χ0n) is 10.6. The van der Waals surface area contributed by atoms with Gasteiger partial charge in [-0.05, 0) is 38.0 Å². The van der Waals surface area contributed by atoms with Gasteiger partial charge in [0.25, 0.3) is 0 Å². The first-order chi connectivity index (χ1) is 8.64. The van der Waals surface area contributed by atoms with Crippen molar-refractivity contribution in [2.24, 2.45) is 11.3 Å². The van der Waals surface area contributed by atoms with Crippen LogP contribution in [0.15, 0.2) is 0 Å². The van der Waals surface area contributed by atoms with Crippen LogP contribution in [0.2, 0.25) is 0 Å². The van der Waals surface area contributed by atoms with E-state index in [-0.39, 0.29) is 17.6 Å². The summed E-state index contributed by atoms with van der Waals surface area (Å²) in [5.74, 6) is 0.597. The fourth-order valence-electron chi connectivity index (χ4n) is 4.37. The molecule has 2 N–H and O–H groups in total. The summed E-state index contributed by atoms with van der Waals surface area (Å²) in [7, 11) is 0. The van der Waals surface area contributed by atoms with E-state index in [0.717, 1.165) is 32.1 Å². The highest BCUT2D eigenvalue weighted by Gasteiger charge is 2.58. The van der Waals surface area contributed by atoms with Gasteiger partial charge in [-0.15, -0.1) is 0 Å². The van der Waals surface area contributed by atoms with Crippen LogP contribution in [-0.4, -0.2) is 41.2 Å². The Kier molecular flexibility index (Phi) is 3.09. The summed E-state index contributed by atoms with van der Waals surface area (Å²) in [5.41, 5.74) is 0.0776. The fraction of sp³-hybridized carbons (Fsp3) is 0.929. The molecule has 18 heavy (non-hydrogen) atoms. The molecule has 1 heterocycles. The Balaban J connectivity index is 1.74. The van der Waals surface area contributed by atoms with Gasteiger partial charge in [-0.25, -0.2) is 6.57 Å². The third-order valence-electron chi connectivity index (χ3n) is 5.20. The summed E-state index contributed by atoms with van der Waals surface area (Å²) in [6, 6.07) is 0. The highest BCUT2D eigenvalue weighted by atomic mass is 16.5. The van der Waals surface area contributed by atoms with Gasteiger partial charge in [0.15, 0.2) is 0 Å². The number of rotatable bonds is 2. The molecule has 6 atom stereocenters. The van der Waals surface area contributed by atoms with E-state index in [1.165, 1.54) is 0 Å². The van der Waals surface area contributed by atoms with Gasteiger partial charge in [0.05, 0.1) is 18.3 Å². The zero-order chi connectivity index (χ0) is 12.8. The van der Waals surface area contributed by atoms with E-state index in [1.807, 2.05) is 0 Å². The van der Waals surface area contributed by atoms with Crippen LogP contribution in [0, 0.1) is 17.9 Å². The Labute approximate surface area is 108 Å². The van der Waals surface area contributed by atoms with Crippen molar-refractivity contribution in [1.29, 1.82) is 0 Å². The van der Waals surface area contributed by atoms with Gasteiger partial charge in [0.1, 0.15) is 6.10 Å². The Hall–Kier alpha value is -0.630. The van der Waals surface area contributed by atoms with Gasteiger partial charge in [0.2, 0.25) is 6.54 Å². The van der Waals surface area contributed by atoms with E-state index in [4.69, 9.17) is 11.3 Å². The SMILES string of the molecule is [C-]#[N+]CC[C@H]1CC[C@@H]2O[C@@H]3C[C@@]2(C1)C[C@@H](O)C3O. The monoisotopic (exact) mass is 251 g/mol. The molecule has 4 heteroatoms. The Morgan fingerprint density at radius 1 is 1.22 bits per heavy atom. The molecular formula is C14H21NO3. The van der Waals surface area contributed by atoms with Crippen molar-refractivity contribution in [3.05, 3.63) is 11.4 Å². The van der Waals surface area contributed by atoms with Crippen molar-refractivity contribution < 1.29 is 14.9 Å². The summed E-state index contributed by atoms with van der Waals surface area (Å²) in [6.45, 7) is 7.50. The van der Waals surface area contributed by atoms with Crippen molar-refractivity contribution in [1.82, 2.24) is 0 Å². The lowest BCUT2D eigenvalue weighted by Crippen LogP contribution is -2.47. The van der Waals surface area contributed by atoms with Crippen LogP contribution in [-0.2, 0) is 4.74 Å². The standard InChI is InChI=1S/C14H21NO3/c1-15-5-4-9-2-3-12-14(6-9)7-10(16)13(17)11(8-14)18-12/h9-13,16-17H,2-8H2/t9-,10-,11-,12+,13?,14-/m1/s1. The predicted molar refractivity (Wildman–Crippen MR) is 65.8 cm³/mol. The lowest BCUT2D eigenvalue weighted by atomic mass is 9.61. The second kappa shape index (κ2) is 4.48. The van der Waals surface area contributed by atoms with Crippen molar-refractivity contribution in [2.75, 3.05) is 6.54 Å². The van der Waals surface area contributed by atoms with E-state index in [9.17, 15) is 10.2 Å². The van der Waals surface area contributed by atoms with Crippen molar-refractivity contribution in [2.45, 2.75) is 62.9 Å². The minimum Gasteiger partial charge on any atom is -0.390 e. The first-order valence-electron chi connectivity index (χ1n) is 6.99. The van der Waals surface area contributed by atoms with Crippen molar-refractivity contribution in [3.8, 4) is 0 Å². The second-order valence-electron chi connectivity index (χ2n) is 6.31. The van der Waals surface area contributed by atoms with Crippen LogP contribution >= 0.6 is 0 Å². The summed E-state index contributed by atoms with van der Waals surface area (Å²) < 4.78 is 5.95. The van der Waals surface area contributed by atoms with Crippen LogP contribution in [0.5, 0.6) is 0 Å². The van der Waals surface area contributed by atoms with Gasteiger partial charge in [-0.1, -0.05) is 0 Å². The van der Waals surface area contributed by atoms with Gasteiger partial charge < -0.3 is 19.8 Å². The highest BCUT2D eigenvalue weighted by Crippen LogP contribution is 2.56. The molecule has 0 aromatic rings. The molecule has 1 unspecified atom stereocenters. The first-order valence-corrected chi connectivity index (χ1v) is 6.99. The predicted octanol–water partition coefficient (Wildman–Crippen LogP) is 1.37. The van der Waals surface area contributed by atoms with E-state index in [0.29, 0.717) is 18.9 Å². The van der Waals surface area contributed by atoms with Gasteiger partial charge in [-0.2, -0.15) is 0 Å². The molecular weight excluding hydrogens is 230 g/mol. The maximum absolute atomic E-state index is 9.98. The summed E-state index contributed by atoms with van der Waals surface area (Å²) in [6.07, 6.45) is 4.47. The van der Waals surface area contributed by atoms with Gasteiger partial charge >= 0.3 is 0 Å². The number of ether oxygens (including phenoxy) is 1. The van der Waals surface area contributed by atoms with Gasteiger partial charge in [-0.3, -0.25) is 0 Å². The molecule has 0 aromatic carbocycles. The van der Waals surface area contributed by atoms with Crippen molar-refractivity contribution >= 4 is 0 Å². The molecule has 100 valence electrons. The van der Waals surface area contributed by atoms with Crippen LogP contribution in [0.1, 0.15) is 38.5 Å². The van der Waals surface area contributed by atoms with E-state index in [2.05, 4.69) is 4.85 Å². The molecule has 3 rings (SSSR count). The summed E-state index contributed by atoms with van der Waals surface area (Å²) >= 11 is 0. The molecule has 4 nitrogen and oxygen atoms in total. The molecule has 0 radical (unpaired) electrons. The quantitative estimate of drug-likeness (QED) is 0.729. The number of hydrogen-bond donors (Lipinski definition) is 2. The first kappa shape index (κ1) is 12.4. The Bertz CT molecular complexity index is 367. The second-order valence-corrected chi connectivity index (χ2v) is 6.31. The number of aliphatic hydroxyl groups excluding tert-OH is 2. The number of hydrogen-bond acceptors (Lipinski definition) is 3. The minimum absolute atomic E-state index is 0.0776. The Morgan fingerprint density at radius 3 is 2.83 bits per heavy atom. The molecule has 3 fully saturated rings.